The van der Waals surface area contributed by atoms with E-state index >= 15 is 0 Å². The van der Waals surface area contributed by atoms with Gasteiger partial charge in [-0.05, 0) is 68.7 Å². The van der Waals surface area contributed by atoms with Crippen molar-refractivity contribution in [3.8, 4) is 6.07 Å². The Bertz CT molecular complexity index is 1680. The highest BCUT2D eigenvalue weighted by molar-refractivity contribution is 6.30. The van der Waals surface area contributed by atoms with Gasteiger partial charge in [-0.1, -0.05) is 29.8 Å². The Morgan fingerprint density at radius 1 is 1.24 bits per heavy atom. The molecule has 1 amide bonds. The molecule has 0 unspecified atom stereocenters. The average Bonchev–Trinajstić information content (AvgIpc) is 2.87. The Morgan fingerprint density at radius 2 is 2.00 bits per heavy atom. The number of fused-ring (bicyclic) bond motifs is 2. The van der Waals surface area contributed by atoms with E-state index in [0.717, 1.165) is 11.1 Å². The molecule has 0 atom stereocenters. The van der Waals surface area contributed by atoms with Gasteiger partial charge < -0.3 is 9.30 Å². The number of aromatic nitrogens is 3. The van der Waals surface area contributed by atoms with Gasteiger partial charge in [-0.2, -0.15) is 10.3 Å². The minimum absolute atomic E-state index is 0.0605. The highest BCUT2D eigenvalue weighted by Gasteiger charge is 2.15. The molecule has 4 rings (SSSR count). The third kappa shape index (κ3) is 5.85. The summed E-state index contributed by atoms with van der Waals surface area (Å²) in [6.07, 6.45) is 5.22. The first-order chi connectivity index (χ1) is 17.8. The summed E-state index contributed by atoms with van der Waals surface area (Å²) in [7, 11) is 0. The highest BCUT2D eigenvalue weighted by Crippen LogP contribution is 2.14. The van der Waals surface area contributed by atoms with Crippen LogP contribution in [0.2, 0.25) is 5.02 Å². The van der Waals surface area contributed by atoms with E-state index in [4.69, 9.17) is 21.3 Å². The van der Waals surface area contributed by atoms with Crippen molar-refractivity contribution in [1.29, 1.82) is 5.26 Å². The van der Waals surface area contributed by atoms with Gasteiger partial charge in [0.05, 0.1) is 17.1 Å². The Hall–Kier alpha value is -4.06. The van der Waals surface area contributed by atoms with Crippen molar-refractivity contribution in [2.45, 2.75) is 39.8 Å². The van der Waals surface area contributed by atoms with E-state index in [1.165, 1.54) is 16.5 Å². The lowest BCUT2D eigenvalue weighted by Gasteiger charge is -2.14. The quantitative estimate of drug-likeness (QED) is 0.206. The molecule has 37 heavy (non-hydrogen) atoms. The molecular weight excluding hydrogens is 490 g/mol. The maximum Gasteiger partial charge on any atom is 0.271 e. The zero-order valence-electron chi connectivity index (χ0n) is 20.8. The second-order valence-corrected chi connectivity index (χ2v) is 9.23. The molecule has 8 nitrogen and oxygen atoms in total. The lowest BCUT2D eigenvalue weighted by molar-refractivity contribution is -0.113. The fourth-order valence-electron chi connectivity index (χ4n) is 3.93. The molecule has 0 saturated heterocycles. The van der Waals surface area contributed by atoms with Crippen LogP contribution in [0.5, 0.6) is 0 Å². The second-order valence-electron chi connectivity index (χ2n) is 8.79. The zero-order valence-corrected chi connectivity index (χ0v) is 21.6. The molecule has 0 N–H and O–H groups in total. The summed E-state index contributed by atoms with van der Waals surface area (Å²) in [4.78, 5) is 35.2. The van der Waals surface area contributed by atoms with Gasteiger partial charge in [-0.3, -0.25) is 14.0 Å². The summed E-state index contributed by atoms with van der Waals surface area (Å²) in [5, 5.41) is 10.8. The van der Waals surface area contributed by atoms with Crippen molar-refractivity contribution in [2.75, 3.05) is 6.61 Å². The van der Waals surface area contributed by atoms with E-state index in [1.54, 1.807) is 47.2 Å². The Morgan fingerprint density at radius 3 is 2.70 bits per heavy atom. The number of rotatable bonds is 7. The van der Waals surface area contributed by atoms with E-state index in [9.17, 15) is 14.9 Å². The molecule has 4 aromatic rings. The van der Waals surface area contributed by atoms with Crippen molar-refractivity contribution >= 4 is 40.3 Å². The number of nitrogens with zero attached hydrogens (tertiary/aromatic N) is 5. The molecule has 188 valence electrons. The van der Waals surface area contributed by atoms with Gasteiger partial charge in [0.15, 0.2) is 5.49 Å². The Balaban J connectivity index is 1.90. The molecule has 0 spiro atoms. The number of pyridine rings is 2. The van der Waals surface area contributed by atoms with Crippen molar-refractivity contribution in [2.24, 2.45) is 4.99 Å². The van der Waals surface area contributed by atoms with Crippen LogP contribution in [-0.4, -0.2) is 32.6 Å². The molecule has 3 heterocycles. The maximum atomic E-state index is 13.4. The van der Waals surface area contributed by atoms with Crippen molar-refractivity contribution in [1.82, 2.24) is 14.0 Å². The van der Waals surface area contributed by atoms with E-state index in [-0.39, 0.29) is 28.1 Å². The summed E-state index contributed by atoms with van der Waals surface area (Å²) >= 11 is 5.93. The Kier molecular flexibility index (Phi) is 7.97. The number of carbonyl (C=O) groups is 1. The van der Waals surface area contributed by atoms with Crippen LogP contribution >= 0.6 is 11.6 Å². The van der Waals surface area contributed by atoms with Gasteiger partial charge in [-0.25, -0.2) is 4.98 Å². The number of hydrogen-bond acceptors (Lipinski definition) is 5. The molecule has 0 fully saturated rings. The molecule has 0 aliphatic rings. The lowest BCUT2D eigenvalue weighted by Crippen LogP contribution is -2.30. The molecule has 0 bridgehead atoms. The number of amides is 1. The number of hydrogen-bond donors (Lipinski definition) is 0. The fourth-order valence-corrected chi connectivity index (χ4v) is 4.05. The number of carbonyl (C=O) groups excluding carboxylic acids is 1. The van der Waals surface area contributed by atoms with E-state index < -0.39 is 5.91 Å². The predicted octanol–water partition coefficient (Wildman–Crippen LogP) is 4.44. The second kappa shape index (κ2) is 11.3. The molecule has 3 aromatic heterocycles. The first-order valence-electron chi connectivity index (χ1n) is 11.9. The van der Waals surface area contributed by atoms with Crippen LogP contribution in [0.25, 0.3) is 22.8 Å². The topological polar surface area (TPSA) is 102 Å². The largest absolute Gasteiger partial charge is 0.379 e. The van der Waals surface area contributed by atoms with Crippen LogP contribution in [0.4, 0.5) is 0 Å². The summed E-state index contributed by atoms with van der Waals surface area (Å²) in [5.41, 5.74) is 2.41. The first-order valence-corrected chi connectivity index (χ1v) is 12.3. The smallest absolute Gasteiger partial charge is 0.271 e. The molecular formula is C28H26ClN5O3. The van der Waals surface area contributed by atoms with Crippen LogP contribution in [0.1, 0.15) is 37.0 Å². The van der Waals surface area contributed by atoms with Crippen molar-refractivity contribution < 1.29 is 9.53 Å². The van der Waals surface area contributed by atoms with Gasteiger partial charge in [0, 0.05) is 30.4 Å². The van der Waals surface area contributed by atoms with Crippen LogP contribution in [0.15, 0.2) is 64.5 Å². The van der Waals surface area contributed by atoms with Gasteiger partial charge in [-0.15, -0.1) is 0 Å². The number of nitriles is 1. The van der Waals surface area contributed by atoms with E-state index in [1.807, 2.05) is 26.8 Å². The van der Waals surface area contributed by atoms with Gasteiger partial charge in [0.2, 0.25) is 0 Å². The SMILES string of the molecule is Cc1cccn2c(=O)c3cc(C#N)c(=NC(=O)/C=C/c4ccc(Cl)cc4)n(CCCOC(C)C)c3nc12. The lowest BCUT2D eigenvalue weighted by atomic mass is 10.2. The monoisotopic (exact) mass is 515 g/mol. The van der Waals surface area contributed by atoms with Crippen LogP contribution in [0.3, 0.4) is 0 Å². The highest BCUT2D eigenvalue weighted by atomic mass is 35.5. The molecule has 0 radical (unpaired) electrons. The van der Waals surface area contributed by atoms with E-state index in [0.29, 0.717) is 35.9 Å². The fraction of sp³-hybridized carbons (Fsp3) is 0.250. The van der Waals surface area contributed by atoms with Crippen molar-refractivity contribution in [3.63, 3.8) is 0 Å². The minimum Gasteiger partial charge on any atom is -0.379 e. The van der Waals surface area contributed by atoms with Crippen molar-refractivity contribution in [3.05, 3.63) is 92.3 Å². The number of benzene rings is 1. The Labute approximate surface area is 218 Å². The van der Waals surface area contributed by atoms with Gasteiger partial charge in [0.1, 0.15) is 17.4 Å². The summed E-state index contributed by atoms with van der Waals surface area (Å²) < 4.78 is 8.81. The zero-order chi connectivity index (χ0) is 26.5. The molecule has 0 aliphatic heterocycles. The van der Waals surface area contributed by atoms with Crippen LogP contribution in [0, 0.1) is 18.3 Å². The van der Waals surface area contributed by atoms with Gasteiger partial charge >= 0.3 is 0 Å². The summed E-state index contributed by atoms with van der Waals surface area (Å²) in [6, 6.07) is 14.2. The summed E-state index contributed by atoms with van der Waals surface area (Å²) in [5.74, 6) is -0.549. The number of halogens is 1. The maximum absolute atomic E-state index is 13.4. The van der Waals surface area contributed by atoms with E-state index in [2.05, 4.69) is 11.1 Å². The normalized spacial score (nSPS) is 12.2. The molecule has 1 aromatic carbocycles. The number of ether oxygens (including phenoxy) is 1. The third-order valence-corrected chi connectivity index (χ3v) is 5.96. The minimum atomic E-state index is -0.549. The molecule has 0 saturated carbocycles. The summed E-state index contributed by atoms with van der Waals surface area (Å²) in [6.45, 7) is 6.57. The first kappa shape index (κ1) is 26.0. The third-order valence-electron chi connectivity index (χ3n) is 5.71. The average molecular weight is 516 g/mol. The predicted molar refractivity (Wildman–Crippen MR) is 143 cm³/mol. The standard InChI is InChI=1S/C28H26ClN5O3/c1-18(2)37-15-5-14-33-26(31-24(35)12-9-20-7-10-22(29)11-8-20)21(17-30)16-23-27(33)32-25-19(3)6-4-13-34(25)28(23)36/h4,6-13,16,18H,5,14-15H2,1-3H3/b12-9+,31-26?. The molecule has 0 aliphatic carbocycles. The number of aryl methyl sites for hydroxylation is 2. The molecule has 9 heteroatoms. The van der Waals surface area contributed by atoms with Gasteiger partial charge in [0.25, 0.3) is 11.5 Å². The van der Waals surface area contributed by atoms with Crippen LogP contribution in [-0.2, 0) is 16.1 Å². The van der Waals surface area contributed by atoms with Crippen LogP contribution < -0.4 is 11.0 Å².